The second kappa shape index (κ2) is 8.81. The lowest BCUT2D eigenvalue weighted by molar-refractivity contribution is -0.119. The van der Waals surface area contributed by atoms with E-state index in [-0.39, 0.29) is 5.75 Å². The maximum Gasteiger partial charge on any atom is 0.250 e. The third-order valence-electron chi connectivity index (χ3n) is 3.53. The molecule has 0 spiro atoms. The molecule has 0 aliphatic heterocycles. The summed E-state index contributed by atoms with van der Waals surface area (Å²) in [4.78, 5) is 19.2. The number of sulfonamides is 1. The zero-order chi connectivity index (χ0) is 19.1. The Hall–Kier alpha value is -2.68. The minimum Gasteiger partial charge on any atom is -0.277 e. The third-order valence-corrected chi connectivity index (χ3v) is 5.45. The van der Waals surface area contributed by atoms with E-state index in [1.54, 1.807) is 30.5 Å². The lowest BCUT2D eigenvalue weighted by atomic mass is 10.2. The monoisotopic (exact) mass is 399 g/mol. The zero-order valence-corrected chi connectivity index (χ0v) is 15.8. The van der Waals surface area contributed by atoms with E-state index in [1.165, 1.54) is 17.8 Å². The number of pyridine rings is 1. The summed E-state index contributed by atoms with van der Waals surface area (Å²) in [6.07, 6.45) is 3.14. The maximum atomic E-state index is 12.0. The van der Waals surface area contributed by atoms with Crippen LogP contribution in [0.3, 0.4) is 0 Å². The second-order valence-corrected chi connectivity index (χ2v) is 8.11. The lowest BCUT2D eigenvalue weighted by Gasteiger charge is -2.07. The van der Waals surface area contributed by atoms with Gasteiger partial charge >= 0.3 is 0 Å². The Morgan fingerprint density at radius 2 is 1.81 bits per heavy atom. The Bertz CT molecular complexity index is 1060. The summed E-state index contributed by atoms with van der Waals surface area (Å²) in [6, 6.07) is 18.5. The fraction of sp³-hybridized carbons (Fsp3) is 0.0526. The van der Waals surface area contributed by atoms with Crippen LogP contribution in [0.4, 0.5) is 0 Å². The van der Waals surface area contributed by atoms with Gasteiger partial charge in [0.25, 0.3) is 10.0 Å². The van der Waals surface area contributed by atoms with E-state index in [1.807, 2.05) is 36.4 Å². The number of para-hydroxylation sites is 1. The summed E-state index contributed by atoms with van der Waals surface area (Å²) >= 11 is 1.29. The Balaban J connectivity index is 1.54. The van der Waals surface area contributed by atoms with Crippen LogP contribution in [0.1, 0.15) is 5.56 Å². The van der Waals surface area contributed by atoms with Crippen molar-refractivity contribution in [1.82, 2.24) is 15.2 Å². The van der Waals surface area contributed by atoms with Gasteiger partial charge in [-0.1, -0.05) is 48.5 Å². The summed E-state index contributed by atoms with van der Waals surface area (Å²) in [5.41, 5.74) is 3.76. The van der Waals surface area contributed by atoms with Crippen LogP contribution in [-0.2, 0) is 14.8 Å². The number of hydrogen-bond donors (Lipinski definition) is 2. The molecule has 6 nitrogen and oxygen atoms in total. The highest BCUT2D eigenvalue weighted by atomic mass is 32.2. The first kappa shape index (κ1) is 19.1. The van der Waals surface area contributed by atoms with Crippen molar-refractivity contribution in [2.24, 2.45) is 0 Å². The SMILES string of the molecule is O=C(CSc1cccc2cccnc12)NNS(=O)(=O)/C=C/c1ccccc1. The van der Waals surface area contributed by atoms with Crippen molar-refractivity contribution in [2.45, 2.75) is 4.90 Å². The van der Waals surface area contributed by atoms with E-state index in [0.29, 0.717) is 0 Å². The maximum absolute atomic E-state index is 12.0. The summed E-state index contributed by atoms with van der Waals surface area (Å²) in [6.45, 7) is 0. The number of nitrogens with zero attached hydrogens (tertiary/aromatic N) is 1. The first-order valence-corrected chi connectivity index (χ1v) is 10.6. The number of carbonyl (C=O) groups is 1. The van der Waals surface area contributed by atoms with Crippen molar-refractivity contribution in [1.29, 1.82) is 0 Å². The lowest BCUT2D eigenvalue weighted by Crippen LogP contribution is -2.41. The van der Waals surface area contributed by atoms with E-state index >= 15 is 0 Å². The number of benzene rings is 2. The molecule has 138 valence electrons. The Morgan fingerprint density at radius 3 is 2.63 bits per heavy atom. The fourth-order valence-corrected chi connectivity index (χ4v) is 3.77. The molecule has 27 heavy (non-hydrogen) atoms. The van der Waals surface area contributed by atoms with Gasteiger partial charge in [0.05, 0.1) is 11.3 Å². The van der Waals surface area contributed by atoms with Crippen molar-refractivity contribution >= 4 is 44.7 Å². The predicted octanol–water partition coefficient (Wildman–Crippen LogP) is 2.95. The molecule has 2 aromatic carbocycles. The highest BCUT2D eigenvalue weighted by Crippen LogP contribution is 2.25. The first-order chi connectivity index (χ1) is 13.0. The molecule has 0 radical (unpaired) electrons. The molecule has 0 aliphatic carbocycles. The van der Waals surface area contributed by atoms with Crippen LogP contribution in [0.25, 0.3) is 17.0 Å². The van der Waals surface area contributed by atoms with Gasteiger partial charge in [-0.3, -0.25) is 15.2 Å². The van der Waals surface area contributed by atoms with Gasteiger partial charge in [0.15, 0.2) is 0 Å². The van der Waals surface area contributed by atoms with Crippen molar-refractivity contribution in [3.8, 4) is 0 Å². The molecule has 0 aliphatic rings. The van der Waals surface area contributed by atoms with Crippen LogP contribution in [0.2, 0.25) is 0 Å². The number of aromatic nitrogens is 1. The van der Waals surface area contributed by atoms with Gasteiger partial charge in [0.2, 0.25) is 5.91 Å². The number of rotatable bonds is 7. The molecule has 0 saturated heterocycles. The van der Waals surface area contributed by atoms with Gasteiger partial charge in [-0.25, -0.2) is 8.42 Å². The number of hydrazine groups is 1. The van der Waals surface area contributed by atoms with Gasteiger partial charge in [-0.15, -0.1) is 16.6 Å². The van der Waals surface area contributed by atoms with Gasteiger partial charge in [0.1, 0.15) is 0 Å². The average molecular weight is 399 g/mol. The topological polar surface area (TPSA) is 88.2 Å². The molecular formula is C19H17N3O3S2. The largest absolute Gasteiger partial charge is 0.277 e. The smallest absolute Gasteiger partial charge is 0.250 e. The minimum absolute atomic E-state index is 0.0562. The second-order valence-electron chi connectivity index (χ2n) is 5.53. The van der Waals surface area contributed by atoms with Crippen LogP contribution in [-0.4, -0.2) is 25.1 Å². The average Bonchev–Trinajstić information content (AvgIpc) is 2.70. The quantitative estimate of drug-likeness (QED) is 0.471. The van der Waals surface area contributed by atoms with Crippen molar-refractivity contribution < 1.29 is 13.2 Å². The standard InChI is InChI=1S/C19H17N3O3S2/c23-18(14-26-17-10-4-8-16-9-5-12-20-19(16)17)21-22-27(24,25)13-11-15-6-2-1-3-7-15/h1-13,22H,14H2,(H,21,23)/b13-11+. The molecule has 3 aromatic rings. The number of fused-ring (bicyclic) bond motifs is 1. The van der Waals surface area contributed by atoms with E-state index in [0.717, 1.165) is 26.8 Å². The van der Waals surface area contributed by atoms with Crippen LogP contribution in [0.5, 0.6) is 0 Å². The molecule has 0 bridgehead atoms. The Labute approximate surface area is 161 Å². The predicted molar refractivity (Wildman–Crippen MR) is 108 cm³/mol. The van der Waals surface area contributed by atoms with Gasteiger partial charge in [-0.2, -0.15) is 0 Å². The van der Waals surface area contributed by atoms with Crippen molar-refractivity contribution in [3.05, 3.63) is 77.8 Å². The summed E-state index contributed by atoms with van der Waals surface area (Å²) in [5.74, 6) is -0.398. The van der Waals surface area contributed by atoms with E-state index < -0.39 is 15.9 Å². The number of thioether (sulfide) groups is 1. The van der Waals surface area contributed by atoms with Crippen molar-refractivity contribution in [3.63, 3.8) is 0 Å². The van der Waals surface area contributed by atoms with Crippen LogP contribution in [0, 0.1) is 0 Å². The molecule has 3 rings (SSSR count). The molecule has 1 aromatic heterocycles. The van der Waals surface area contributed by atoms with Crippen molar-refractivity contribution in [2.75, 3.05) is 5.75 Å². The molecule has 0 atom stereocenters. The highest BCUT2D eigenvalue weighted by molar-refractivity contribution is 8.00. The van der Waals surface area contributed by atoms with E-state index in [9.17, 15) is 13.2 Å². The van der Waals surface area contributed by atoms with Gasteiger partial charge in [-0.05, 0) is 23.8 Å². The summed E-state index contributed by atoms with van der Waals surface area (Å²) in [5, 5.41) is 1.99. The minimum atomic E-state index is -3.78. The van der Waals surface area contributed by atoms with Crippen LogP contribution < -0.4 is 10.3 Å². The molecule has 2 N–H and O–H groups in total. The van der Waals surface area contributed by atoms with E-state index in [4.69, 9.17) is 0 Å². The molecule has 1 heterocycles. The molecular weight excluding hydrogens is 382 g/mol. The number of nitrogens with one attached hydrogen (secondary N) is 2. The summed E-state index contributed by atoms with van der Waals surface area (Å²) < 4.78 is 23.9. The van der Waals surface area contributed by atoms with Gasteiger partial charge in [0, 0.05) is 21.9 Å². The van der Waals surface area contributed by atoms with Crippen LogP contribution >= 0.6 is 11.8 Å². The molecule has 8 heteroatoms. The molecule has 0 saturated carbocycles. The Kier molecular flexibility index (Phi) is 6.23. The molecule has 0 fully saturated rings. The number of carbonyl (C=O) groups excluding carboxylic acids is 1. The Morgan fingerprint density at radius 1 is 1.04 bits per heavy atom. The third kappa shape index (κ3) is 5.65. The summed E-state index contributed by atoms with van der Waals surface area (Å²) in [7, 11) is -3.78. The zero-order valence-electron chi connectivity index (χ0n) is 14.2. The van der Waals surface area contributed by atoms with Crippen LogP contribution in [0.15, 0.2) is 77.2 Å². The fourth-order valence-electron chi connectivity index (χ4n) is 2.27. The highest BCUT2D eigenvalue weighted by Gasteiger charge is 2.10. The first-order valence-electron chi connectivity index (χ1n) is 8.04. The molecule has 1 amide bonds. The number of hydrogen-bond acceptors (Lipinski definition) is 5. The normalized spacial score (nSPS) is 11.7. The van der Waals surface area contributed by atoms with Gasteiger partial charge < -0.3 is 0 Å². The number of amides is 1. The molecule has 0 unspecified atom stereocenters. The van der Waals surface area contributed by atoms with E-state index in [2.05, 4.69) is 15.2 Å².